The summed E-state index contributed by atoms with van der Waals surface area (Å²) in [6.45, 7) is 1.13. The van der Waals surface area contributed by atoms with E-state index in [1.54, 1.807) is 36.4 Å². The molecule has 4 amide bonds. The first kappa shape index (κ1) is 23.2. The highest BCUT2D eigenvalue weighted by molar-refractivity contribution is 6.22. The van der Waals surface area contributed by atoms with Crippen LogP contribution in [0.25, 0.3) is 0 Å². The first-order valence-corrected chi connectivity index (χ1v) is 12.3. The molecule has 1 saturated carbocycles. The molecule has 2 aromatic carbocycles. The van der Waals surface area contributed by atoms with E-state index in [2.05, 4.69) is 10.6 Å². The second-order valence-corrected chi connectivity index (χ2v) is 9.38. The lowest BCUT2D eigenvalue weighted by Gasteiger charge is -2.29. The van der Waals surface area contributed by atoms with Gasteiger partial charge in [-0.25, -0.2) is 0 Å². The highest BCUT2D eigenvalue weighted by Crippen LogP contribution is 2.31. The Kier molecular flexibility index (Phi) is 6.63. The van der Waals surface area contributed by atoms with Crippen molar-refractivity contribution in [2.45, 2.75) is 57.1 Å². The zero-order chi connectivity index (χ0) is 24.4. The smallest absolute Gasteiger partial charge is 0.261 e. The molecule has 0 bridgehead atoms. The third kappa shape index (κ3) is 4.71. The number of anilines is 1. The summed E-state index contributed by atoms with van der Waals surface area (Å²) < 4.78 is 5.55. The number of carbonyl (C=O) groups excluding carboxylic acids is 4. The number of nitrogens with one attached hydrogen (secondary N) is 2. The Bertz CT molecular complexity index is 1170. The van der Waals surface area contributed by atoms with Crippen molar-refractivity contribution in [3.05, 3.63) is 64.7 Å². The minimum atomic E-state index is -0.455. The van der Waals surface area contributed by atoms with Crippen LogP contribution in [0.15, 0.2) is 42.5 Å². The molecule has 8 nitrogen and oxygen atoms in total. The maximum absolute atomic E-state index is 13.1. The fraction of sp³-hybridized carbons (Fsp3) is 0.407. The topological polar surface area (TPSA) is 105 Å². The molecular weight excluding hydrogens is 446 g/mol. The Balaban J connectivity index is 1.30. The van der Waals surface area contributed by atoms with E-state index in [1.807, 2.05) is 0 Å². The minimum absolute atomic E-state index is 0.0144. The standard InChI is InChI=1S/C27H29N3O5/c31-24(29-23-11-5-4-10-21(23)25(32)28-16-19-9-6-14-35-19)17-12-13-20-22(15-17)27(34)30(26(20)33)18-7-2-1-3-8-18/h4-5,10-13,15,18-19H,1-3,6-9,14,16H2,(H,28,32)(H,29,31). The number of para-hydroxylation sites is 1. The molecule has 1 saturated heterocycles. The first-order valence-electron chi connectivity index (χ1n) is 12.3. The van der Waals surface area contributed by atoms with Gasteiger partial charge in [0.1, 0.15) is 0 Å². The molecule has 182 valence electrons. The fourth-order valence-corrected chi connectivity index (χ4v) is 5.16. The lowest BCUT2D eigenvalue weighted by molar-refractivity contribution is 0.0548. The van der Waals surface area contributed by atoms with Crippen LogP contribution in [0.1, 0.15) is 86.4 Å². The third-order valence-corrected chi connectivity index (χ3v) is 7.05. The van der Waals surface area contributed by atoms with E-state index >= 15 is 0 Å². The summed E-state index contributed by atoms with van der Waals surface area (Å²) in [4.78, 5) is 53.2. The molecule has 1 atom stereocenters. The van der Waals surface area contributed by atoms with Crippen molar-refractivity contribution in [3.8, 4) is 0 Å². The molecule has 35 heavy (non-hydrogen) atoms. The SMILES string of the molecule is O=C(Nc1ccccc1C(=O)NCC1CCCO1)c1ccc2c(c1)C(=O)N(C1CCCCC1)C2=O. The van der Waals surface area contributed by atoms with E-state index in [4.69, 9.17) is 4.74 Å². The quantitative estimate of drug-likeness (QED) is 0.619. The van der Waals surface area contributed by atoms with E-state index in [0.29, 0.717) is 30.0 Å². The van der Waals surface area contributed by atoms with Crippen molar-refractivity contribution in [3.63, 3.8) is 0 Å². The van der Waals surface area contributed by atoms with Crippen LogP contribution in [0, 0.1) is 0 Å². The van der Waals surface area contributed by atoms with E-state index in [0.717, 1.165) is 44.9 Å². The minimum Gasteiger partial charge on any atom is -0.376 e. The van der Waals surface area contributed by atoms with Crippen molar-refractivity contribution >= 4 is 29.3 Å². The van der Waals surface area contributed by atoms with Gasteiger partial charge in [0, 0.05) is 24.8 Å². The van der Waals surface area contributed by atoms with Gasteiger partial charge in [-0.3, -0.25) is 24.1 Å². The summed E-state index contributed by atoms with van der Waals surface area (Å²) in [6.07, 6.45) is 6.70. The Hall–Kier alpha value is -3.52. The molecule has 2 heterocycles. The van der Waals surface area contributed by atoms with E-state index in [9.17, 15) is 19.2 Å². The zero-order valence-corrected chi connectivity index (χ0v) is 19.5. The molecule has 2 aromatic rings. The van der Waals surface area contributed by atoms with Crippen molar-refractivity contribution in [2.75, 3.05) is 18.5 Å². The van der Waals surface area contributed by atoms with Crippen LogP contribution < -0.4 is 10.6 Å². The van der Waals surface area contributed by atoms with E-state index < -0.39 is 5.91 Å². The summed E-state index contributed by atoms with van der Waals surface area (Å²) in [7, 11) is 0. The Labute approximate surface area is 204 Å². The van der Waals surface area contributed by atoms with Crippen molar-refractivity contribution < 1.29 is 23.9 Å². The van der Waals surface area contributed by atoms with Crippen LogP contribution in [-0.2, 0) is 4.74 Å². The van der Waals surface area contributed by atoms with Gasteiger partial charge in [0.2, 0.25) is 0 Å². The zero-order valence-electron chi connectivity index (χ0n) is 19.5. The van der Waals surface area contributed by atoms with Gasteiger partial charge in [-0.2, -0.15) is 0 Å². The van der Waals surface area contributed by atoms with Gasteiger partial charge >= 0.3 is 0 Å². The van der Waals surface area contributed by atoms with Crippen LogP contribution >= 0.6 is 0 Å². The van der Waals surface area contributed by atoms with Gasteiger partial charge in [0.05, 0.1) is 28.5 Å². The number of imide groups is 1. The highest BCUT2D eigenvalue weighted by Gasteiger charge is 2.40. The number of fused-ring (bicyclic) bond motifs is 1. The maximum atomic E-state index is 13.1. The van der Waals surface area contributed by atoms with E-state index in [1.165, 1.54) is 11.0 Å². The Morgan fingerprint density at radius 3 is 2.43 bits per heavy atom. The molecule has 2 fully saturated rings. The molecule has 1 unspecified atom stereocenters. The van der Waals surface area contributed by atoms with Gasteiger partial charge < -0.3 is 15.4 Å². The number of hydrogen-bond acceptors (Lipinski definition) is 5. The molecule has 8 heteroatoms. The average molecular weight is 476 g/mol. The normalized spacial score (nSPS) is 20.1. The number of rotatable bonds is 6. The lowest BCUT2D eigenvalue weighted by Crippen LogP contribution is -2.40. The summed E-state index contributed by atoms with van der Waals surface area (Å²) in [5.74, 6) is -1.37. The molecule has 2 N–H and O–H groups in total. The van der Waals surface area contributed by atoms with Gasteiger partial charge in [-0.1, -0.05) is 31.4 Å². The van der Waals surface area contributed by atoms with Crippen LogP contribution in [0.5, 0.6) is 0 Å². The monoisotopic (exact) mass is 475 g/mol. The number of hydrogen-bond donors (Lipinski definition) is 2. The number of amides is 4. The largest absolute Gasteiger partial charge is 0.376 e. The highest BCUT2D eigenvalue weighted by atomic mass is 16.5. The fourth-order valence-electron chi connectivity index (χ4n) is 5.16. The molecule has 0 spiro atoms. The Morgan fingerprint density at radius 1 is 0.886 bits per heavy atom. The number of carbonyl (C=O) groups is 4. The van der Waals surface area contributed by atoms with Crippen molar-refractivity contribution in [2.24, 2.45) is 0 Å². The van der Waals surface area contributed by atoms with Crippen molar-refractivity contribution in [1.82, 2.24) is 10.2 Å². The second-order valence-electron chi connectivity index (χ2n) is 9.38. The number of nitrogens with zero attached hydrogens (tertiary/aromatic N) is 1. The summed E-state index contributed by atoms with van der Waals surface area (Å²) in [5.41, 5.74) is 1.57. The summed E-state index contributed by atoms with van der Waals surface area (Å²) in [5, 5.41) is 5.66. The van der Waals surface area contributed by atoms with Crippen LogP contribution in [-0.4, -0.2) is 53.8 Å². The summed E-state index contributed by atoms with van der Waals surface area (Å²) in [6, 6.07) is 11.3. The number of benzene rings is 2. The lowest BCUT2D eigenvalue weighted by atomic mass is 9.94. The molecule has 5 rings (SSSR count). The first-order chi connectivity index (χ1) is 17.0. The predicted molar refractivity (Wildman–Crippen MR) is 130 cm³/mol. The predicted octanol–water partition coefficient (Wildman–Crippen LogP) is 3.78. The van der Waals surface area contributed by atoms with Crippen LogP contribution in [0.3, 0.4) is 0 Å². The average Bonchev–Trinajstić information content (AvgIpc) is 3.49. The van der Waals surface area contributed by atoms with Crippen molar-refractivity contribution in [1.29, 1.82) is 0 Å². The molecule has 0 aromatic heterocycles. The van der Waals surface area contributed by atoms with Crippen LogP contribution in [0.2, 0.25) is 0 Å². The Morgan fingerprint density at radius 2 is 1.66 bits per heavy atom. The summed E-state index contributed by atoms with van der Waals surface area (Å²) >= 11 is 0. The molecule has 2 aliphatic heterocycles. The van der Waals surface area contributed by atoms with E-state index in [-0.39, 0.29) is 41.0 Å². The van der Waals surface area contributed by atoms with Gasteiger partial charge in [0.25, 0.3) is 23.6 Å². The maximum Gasteiger partial charge on any atom is 0.261 e. The third-order valence-electron chi connectivity index (χ3n) is 7.05. The van der Waals surface area contributed by atoms with Gasteiger partial charge in [-0.15, -0.1) is 0 Å². The molecule has 3 aliphatic rings. The molecule has 0 radical (unpaired) electrons. The van der Waals surface area contributed by atoms with Crippen LogP contribution in [0.4, 0.5) is 5.69 Å². The molecule has 1 aliphatic carbocycles. The number of ether oxygens (including phenoxy) is 1. The molecular formula is C27H29N3O5. The van der Waals surface area contributed by atoms with Gasteiger partial charge in [0.15, 0.2) is 0 Å². The second kappa shape index (κ2) is 10.00. The van der Waals surface area contributed by atoms with Gasteiger partial charge in [-0.05, 0) is 56.0 Å².